The maximum absolute atomic E-state index is 9.14. The lowest BCUT2D eigenvalue weighted by atomic mass is 10.1. The van der Waals surface area contributed by atoms with E-state index < -0.39 is 0 Å². The number of benzene rings is 1. The number of allylic oxidation sites excluding steroid dienone is 3. The fraction of sp³-hybridized carbons (Fsp3) is 0.261. The van der Waals surface area contributed by atoms with Gasteiger partial charge in [0.2, 0.25) is 0 Å². The number of hydrogen-bond donors (Lipinski definition) is 3. The number of halogens is 1. The Morgan fingerprint density at radius 1 is 1.25 bits per heavy atom. The van der Waals surface area contributed by atoms with Gasteiger partial charge in [0.1, 0.15) is 5.82 Å². The molecular formula is C23H26BrN7O. The van der Waals surface area contributed by atoms with Gasteiger partial charge in [0, 0.05) is 50.1 Å². The Morgan fingerprint density at radius 2 is 2.03 bits per heavy atom. The average Bonchev–Trinajstić information content (AvgIpc) is 3.22. The van der Waals surface area contributed by atoms with Gasteiger partial charge in [-0.3, -0.25) is 0 Å². The zero-order valence-corrected chi connectivity index (χ0v) is 19.5. The molecule has 1 aromatic carbocycles. The van der Waals surface area contributed by atoms with Crippen LogP contribution in [0.5, 0.6) is 0 Å². The first-order valence-electron chi connectivity index (χ1n) is 10.5. The van der Waals surface area contributed by atoms with Crippen molar-refractivity contribution in [2.45, 2.75) is 6.92 Å². The summed E-state index contributed by atoms with van der Waals surface area (Å²) < 4.78 is 2.58. The van der Waals surface area contributed by atoms with Gasteiger partial charge < -0.3 is 20.7 Å². The first-order chi connectivity index (χ1) is 15.7. The van der Waals surface area contributed by atoms with Crippen molar-refractivity contribution in [3.63, 3.8) is 0 Å². The predicted octanol–water partition coefficient (Wildman–Crippen LogP) is 3.77. The number of nitrogens with zero attached hydrogens (tertiary/aromatic N) is 5. The average molecular weight is 496 g/mol. The molecule has 32 heavy (non-hydrogen) atoms. The van der Waals surface area contributed by atoms with E-state index in [1.807, 2.05) is 42.5 Å². The third-order valence-corrected chi connectivity index (χ3v) is 5.91. The fourth-order valence-electron chi connectivity index (χ4n) is 3.58. The Balaban J connectivity index is 1.58. The lowest BCUT2D eigenvalue weighted by Gasteiger charge is -2.29. The third-order valence-electron chi connectivity index (χ3n) is 5.35. The van der Waals surface area contributed by atoms with Gasteiger partial charge in [-0.1, -0.05) is 41.6 Å². The molecule has 0 spiro atoms. The molecule has 0 radical (unpaired) electrons. The number of oxime groups is 1. The molecule has 3 N–H and O–H groups in total. The molecule has 0 unspecified atom stereocenters. The summed E-state index contributed by atoms with van der Waals surface area (Å²) in [4.78, 5) is 7.09. The Bertz CT molecular complexity index is 1150. The lowest BCUT2D eigenvalue weighted by Crippen LogP contribution is -2.42. The minimum atomic E-state index is 0.459. The highest BCUT2D eigenvalue weighted by Crippen LogP contribution is 2.25. The highest BCUT2D eigenvalue weighted by molar-refractivity contribution is 9.10. The maximum Gasteiger partial charge on any atom is 0.172 e. The van der Waals surface area contributed by atoms with E-state index in [1.165, 1.54) is 11.9 Å². The molecule has 0 atom stereocenters. The summed E-state index contributed by atoms with van der Waals surface area (Å²) in [7, 11) is 0. The molecule has 1 aliphatic heterocycles. The summed E-state index contributed by atoms with van der Waals surface area (Å²) in [5.74, 6) is 0.791. The molecule has 0 aliphatic carbocycles. The van der Waals surface area contributed by atoms with E-state index >= 15 is 0 Å². The predicted molar refractivity (Wildman–Crippen MR) is 131 cm³/mol. The second kappa shape index (κ2) is 10.4. The van der Waals surface area contributed by atoms with E-state index in [4.69, 9.17) is 10.2 Å². The molecule has 1 aliphatic rings. The van der Waals surface area contributed by atoms with Crippen molar-refractivity contribution in [3.05, 3.63) is 70.5 Å². The van der Waals surface area contributed by atoms with Crippen molar-refractivity contribution >= 4 is 33.6 Å². The normalized spacial score (nSPS) is 15.6. The highest BCUT2D eigenvalue weighted by atomic mass is 79.9. The summed E-state index contributed by atoms with van der Waals surface area (Å²) in [5.41, 5.74) is 4.61. The van der Waals surface area contributed by atoms with E-state index in [0.29, 0.717) is 6.54 Å². The lowest BCUT2D eigenvalue weighted by molar-refractivity contribution is 0.300. The molecule has 3 heterocycles. The molecule has 166 valence electrons. The van der Waals surface area contributed by atoms with E-state index in [-0.39, 0.29) is 0 Å². The van der Waals surface area contributed by atoms with Crippen molar-refractivity contribution in [2.24, 2.45) is 5.16 Å². The van der Waals surface area contributed by atoms with Crippen LogP contribution >= 0.6 is 15.9 Å². The highest BCUT2D eigenvalue weighted by Gasteiger charge is 2.12. The third kappa shape index (κ3) is 5.17. The first kappa shape index (κ1) is 22.0. The number of fused-ring (bicyclic) bond motifs is 1. The smallest absolute Gasteiger partial charge is 0.172 e. The van der Waals surface area contributed by atoms with Crippen molar-refractivity contribution in [2.75, 3.05) is 38.0 Å². The van der Waals surface area contributed by atoms with Crippen LogP contribution in [0.25, 0.3) is 16.9 Å². The molecule has 1 saturated heterocycles. The van der Waals surface area contributed by atoms with Crippen LogP contribution in [0.1, 0.15) is 6.92 Å². The maximum atomic E-state index is 9.14. The van der Waals surface area contributed by atoms with Crippen LogP contribution < -0.4 is 10.6 Å². The van der Waals surface area contributed by atoms with Gasteiger partial charge in [-0.05, 0) is 34.5 Å². The van der Waals surface area contributed by atoms with E-state index in [1.54, 1.807) is 10.7 Å². The van der Waals surface area contributed by atoms with E-state index in [0.717, 1.165) is 58.9 Å². The van der Waals surface area contributed by atoms with E-state index in [2.05, 4.69) is 54.7 Å². The van der Waals surface area contributed by atoms with Crippen LogP contribution in [0.3, 0.4) is 0 Å². The molecule has 1 fully saturated rings. The largest absolute Gasteiger partial charge is 0.411 e. The first-order valence-corrected chi connectivity index (χ1v) is 11.3. The van der Waals surface area contributed by atoms with Crippen LogP contribution in [-0.4, -0.2) is 63.6 Å². The summed E-state index contributed by atoms with van der Waals surface area (Å²) in [5, 5.41) is 23.6. The number of anilines is 1. The van der Waals surface area contributed by atoms with Crippen LogP contribution in [0.4, 0.5) is 5.82 Å². The molecule has 8 nitrogen and oxygen atoms in total. The number of hydrogen-bond acceptors (Lipinski definition) is 7. The number of nitrogens with one attached hydrogen (secondary N) is 2. The van der Waals surface area contributed by atoms with Gasteiger partial charge in [-0.25, -0.2) is 4.98 Å². The standard InChI is InChI=1S/C23H26BrN7O/c1-17(30-11-9-25-10-12-30)7-8-18(15-28-32)14-26-22-13-21(19-5-3-2-4-6-19)29-23-20(24)16-27-31(22)23/h2-8,13,15-16,25-26,32H,9-12,14H2,1H3/b17-7+,18-8-,28-15+. The van der Waals surface area contributed by atoms with Gasteiger partial charge >= 0.3 is 0 Å². The molecular weight excluding hydrogens is 470 g/mol. The van der Waals surface area contributed by atoms with Crippen LogP contribution in [0, 0.1) is 0 Å². The summed E-state index contributed by atoms with van der Waals surface area (Å²) in [6.07, 6.45) is 7.21. The SMILES string of the molecule is C\C(=C/C=C(\C=N\O)CNc1cc(-c2ccccc2)nc2c(Br)cnn12)N1CCNCC1. The Kier molecular flexibility index (Phi) is 7.18. The molecule has 0 bridgehead atoms. The number of rotatable bonds is 7. The number of piperazine rings is 1. The molecule has 3 aromatic rings. The zero-order valence-electron chi connectivity index (χ0n) is 17.9. The van der Waals surface area contributed by atoms with Crippen LogP contribution in [-0.2, 0) is 0 Å². The molecule has 0 amide bonds. The van der Waals surface area contributed by atoms with Gasteiger partial charge in [-0.15, -0.1) is 0 Å². The summed E-state index contributed by atoms with van der Waals surface area (Å²) in [6, 6.07) is 12.0. The molecule has 9 heteroatoms. The minimum Gasteiger partial charge on any atom is -0.411 e. The summed E-state index contributed by atoms with van der Waals surface area (Å²) >= 11 is 3.54. The Morgan fingerprint density at radius 3 is 2.78 bits per heavy atom. The van der Waals surface area contributed by atoms with Gasteiger partial charge in [0.25, 0.3) is 0 Å². The van der Waals surface area contributed by atoms with Gasteiger partial charge in [-0.2, -0.15) is 9.61 Å². The monoisotopic (exact) mass is 495 g/mol. The second-order valence-corrected chi connectivity index (χ2v) is 8.36. The number of aromatic nitrogens is 3. The van der Waals surface area contributed by atoms with Crippen LogP contribution in [0.2, 0.25) is 0 Å². The Labute approximate surface area is 195 Å². The molecule has 0 saturated carbocycles. The zero-order chi connectivity index (χ0) is 22.3. The topological polar surface area (TPSA) is 90.1 Å². The molecule has 2 aromatic heterocycles. The van der Waals surface area contributed by atoms with Crippen molar-refractivity contribution in [1.82, 2.24) is 24.8 Å². The van der Waals surface area contributed by atoms with Gasteiger partial charge in [0.05, 0.1) is 22.6 Å². The quantitative estimate of drug-likeness (QED) is 0.200. The van der Waals surface area contributed by atoms with Gasteiger partial charge in [0.15, 0.2) is 5.65 Å². The second-order valence-electron chi connectivity index (χ2n) is 7.51. The van der Waals surface area contributed by atoms with Crippen molar-refractivity contribution in [3.8, 4) is 11.3 Å². The summed E-state index contributed by atoms with van der Waals surface area (Å²) in [6.45, 7) is 6.51. The molecule has 4 rings (SSSR count). The van der Waals surface area contributed by atoms with Crippen molar-refractivity contribution < 1.29 is 5.21 Å². The Hall–Kier alpha value is -3.17. The van der Waals surface area contributed by atoms with Crippen molar-refractivity contribution in [1.29, 1.82) is 0 Å². The minimum absolute atomic E-state index is 0.459. The van der Waals surface area contributed by atoms with Crippen LogP contribution in [0.15, 0.2) is 75.6 Å². The fourth-order valence-corrected chi connectivity index (χ4v) is 3.93. The van der Waals surface area contributed by atoms with E-state index in [9.17, 15) is 0 Å².